The lowest BCUT2D eigenvalue weighted by atomic mass is 9.87. The Morgan fingerprint density at radius 2 is 1.48 bits per heavy atom. The van der Waals surface area contributed by atoms with Gasteiger partial charge in [-0.2, -0.15) is 0 Å². The van der Waals surface area contributed by atoms with Gasteiger partial charge in [0.25, 0.3) is 0 Å². The number of para-hydroxylation sites is 1. The van der Waals surface area contributed by atoms with E-state index >= 15 is 0 Å². The van der Waals surface area contributed by atoms with E-state index in [0.29, 0.717) is 18.7 Å². The second kappa shape index (κ2) is 12.6. The summed E-state index contributed by atoms with van der Waals surface area (Å²) in [5.74, 6) is 0. The second-order valence-electron chi connectivity index (χ2n) is 12.5. The third kappa shape index (κ3) is 8.37. The van der Waals surface area contributed by atoms with E-state index in [0.717, 1.165) is 41.4 Å². The molecular formula is C31H41BN4O6. The van der Waals surface area contributed by atoms with Crippen molar-refractivity contribution in [3.8, 4) is 0 Å². The molecule has 0 atom stereocenters. The molecule has 1 amide bonds. The first-order valence-electron chi connectivity index (χ1n) is 14.2. The van der Waals surface area contributed by atoms with Crippen molar-refractivity contribution in [3.63, 3.8) is 0 Å². The normalized spacial score (nSPS) is 14.4. The highest BCUT2D eigenvalue weighted by Crippen LogP contribution is 2.21. The molecule has 0 saturated carbocycles. The van der Waals surface area contributed by atoms with Crippen LogP contribution in [0, 0.1) is 0 Å². The summed E-state index contributed by atoms with van der Waals surface area (Å²) in [4.78, 5) is 31.6. The largest absolute Gasteiger partial charge is 0.505 e. The maximum Gasteiger partial charge on any atom is 0.505 e. The number of hydrogen-bond acceptors (Lipinski definition) is 7. The van der Waals surface area contributed by atoms with Crippen LogP contribution in [-0.4, -0.2) is 86.1 Å². The number of nitrogens with one attached hydrogen (secondary N) is 1. The predicted octanol–water partition coefficient (Wildman–Crippen LogP) is 4.32. The minimum Gasteiger partial charge on any atom is -0.444 e. The molecule has 224 valence electrons. The fraction of sp³-hybridized carbons (Fsp3) is 0.419. The van der Waals surface area contributed by atoms with Gasteiger partial charge in [0.15, 0.2) is 0 Å². The van der Waals surface area contributed by atoms with E-state index in [1.165, 1.54) is 5.56 Å². The molecule has 1 aliphatic rings. The van der Waals surface area contributed by atoms with Crippen LogP contribution in [0.5, 0.6) is 0 Å². The Bertz CT molecular complexity index is 1490. The molecule has 2 aromatic carbocycles. The van der Waals surface area contributed by atoms with E-state index < -0.39 is 18.3 Å². The highest BCUT2D eigenvalue weighted by atomic mass is 16.6. The molecule has 2 aromatic heterocycles. The molecule has 0 bridgehead atoms. The van der Waals surface area contributed by atoms with Crippen molar-refractivity contribution < 1.29 is 29.1 Å². The van der Waals surface area contributed by atoms with Crippen molar-refractivity contribution in [3.05, 3.63) is 66.4 Å². The molecule has 1 aliphatic heterocycles. The molecule has 5 rings (SSSR count). The van der Waals surface area contributed by atoms with Gasteiger partial charge in [-0.05, 0) is 82.8 Å². The molecule has 1 fully saturated rings. The van der Waals surface area contributed by atoms with Gasteiger partial charge in [0.1, 0.15) is 11.2 Å². The molecular weight excluding hydrogens is 535 g/mol. The minimum atomic E-state index is -1.42. The van der Waals surface area contributed by atoms with Crippen LogP contribution in [0.25, 0.3) is 21.8 Å². The molecule has 0 unspecified atom stereocenters. The van der Waals surface area contributed by atoms with Crippen LogP contribution < -0.4 is 5.59 Å². The monoisotopic (exact) mass is 576 g/mol. The summed E-state index contributed by atoms with van der Waals surface area (Å²) < 4.78 is 12.5. The van der Waals surface area contributed by atoms with Crippen LogP contribution in [0.1, 0.15) is 47.1 Å². The Morgan fingerprint density at radius 3 is 2.10 bits per heavy atom. The Hall–Kier alpha value is -3.80. The number of benzene rings is 2. The standard InChI is InChI=1S/C23H33N3O4.C8H8BNO2/c1-22(2,3)29-20(27)25-13-11-24(12-14-25)16-17-7-8-19-18(15-17)9-10-26(19)21(28)30-23(4,5)6;11-9(12)8-5-6-3-1-2-4-7(6)10-8/h7-10,15H,11-14,16H2,1-6H3;1-5,10-12H. The van der Waals surface area contributed by atoms with Crippen LogP contribution in [0.15, 0.2) is 60.8 Å². The van der Waals surface area contributed by atoms with Gasteiger partial charge in [-0.1, -0.05) is 24.3 Å². The van der Waals surface area contributed by atoms with E-state index in [-0.39, 0.29) is 12.2 Å². The molecule has 11 heteroatoms. The van der Waals surface area contributed by atoms with Crippen LogP contribution in [-0.2, 0) is 16.0 Å². The number of fused-ring (bicyclic) bond motifs is 2. The van der Waals surface area contributed by atoms with Gasteiger partial charge in [0.05, 0.1) is 5.52 Å². The van der Waals surface area contributed by atoms with Gasteiger partial charge in [-0.15, -0.1) is 0 Å². The molecule has 3 heterocycles. The van der Waals surface area contributed by atoms with Crippen molar-refractivity contribution in [2.75, 3.05) is 26.2 Å². The molecule has 0 spiro atoms. The number of amides is 1. The Morgan fingerprint density at radius 1 is 0.833 bits per heavy atom. The fourth-order valence-corrected chi connectivity index (χ4v) is 4.67. The number of hydrogen-bond donors (Lipinski definition) is 3. The number of H-pyrrole nitrogens is 1. The second-order valence-corrected chi connectivity index (χ2v) is 12.5. The summed E-state index contributed by atoms with van der Waals surface area (Å²) in [7, 11) is -1.42. The summed E-state index contributed by atoms with van der Waals surface area (Å²) in [5.41, 5.74) is 2.35. The average Bonchev–Trinajstić information content (AvgIpc) is 3.52. The lowest BCUT2D eigenvalue weighted by Gasteiger charge is -2.35. The molecule has 42 heavy (non-hydrogen) atoms. The molecule has 4 aromatic rings. The van der Waals surface area contributed by atoms with Crippen molar-refractivity contribution in [1.82, 2.24) is 19.4 Å². The summed E-state index contributed by atoms with van der Waals surface area (Å²) >= 11 is 0. The number of aromatic amines is 1. The van der Waals surface area contributed by atoms with Crippen molar-refractivity contribution in [2.45, 2.75) is 59.3 Å². The Kier molecular flexibility index (Phi) is 9.35. The van der Waals surface area contributed by atoms with Gasteiger partial charge in [0.2, 0.25) is 0 Å². The lowest BCUT2D eigenvalue weighted by Crippen LogP contribution is -2.49. The van der Waals surface area contributed by atoms with Crippen molar-refractivity contribution in [1.29, 1.82) is 0 Å². The smallest absolute Gasteiger partial charge is 0.444 e. The molecule has 10 nitrogen and oxygen atoms in total. The highest BCUT2D eigenvalue weighted by Gasteiger charge is 2.26. The van der Waals surface area contributed by atoms with E-state index in [9.17, 15) is 9.59 Å². The molecule has 3 N–H and O–H groups in total. The number of piperazine rings is 1. The topological polar surface area (TPSA) is 120 Å². The zero-order valence-corrected chi connectivity index (χ0v) is 25.3. The van der Waals surface area contributed by atoms with E-state index in [4.69, 9.17) is 19.5 Å². The van der Waals surface area contributed by atoms with Crippen molar-refractivity contribution >= 4 is 46.7 Å². The lowest BCUT2D eigenvalue weighted by molar-refractivity contribution is 0.0138. The van der Waals surface area contributed by atoms with Crippen LogP contribution >= 0.6 is 0 Å². The Balaban J connectivity index is 0.000000279. The zero-order chi connectivity index (χ0) is 30.7. The minimum absolute atomic E-state index is 0.243. The SMILES string of the molecule is CC(C)(C)OC(=O)N1CCN(Cc2ccc3c(ccn3C(=O)OC(C)(C)C)c2)CC1.OB(O)c1cc2ccccc2[nH]1. The van der Waals surface area contributed by atoms with Crippen molar-refractivity contribution in [2.24, 2.45) is 0 Å². The number of ether oxygens (including phenoxy) is 2. The van der Waals surface area contributed by atoms with Crippen LogP contribution in [0.2, 0.25) is 0 Å². The molecule has 0 radical (unpaired) electrons. The maximum absolute atomic E-state index is 12.4. The average molecular weight is 577 g/mol. The summed E-state index contributed by atoms with van der Waals surface area (Å²) in [6, 6.07) is 17.4. The van der Waals surface area contributed by atoms with Crippen LogP contribution in [0.4, 0.5) is 9.59 Å². The molecule has 0 aliphatic carbocycles. The van der Waals surface area contributed by atoms with Crippen LogP contribution in [0.3, 0.4) is 0 Å². The number of carbonyl (C=O) groups excluding carboxylic acids is 2. The Labute approximate surface area is 247 Å². The first kappa shape index (κ1) is 31.1. The van der Waals surface area contributed by atoms with Gasteiger partial charge in [0, 0.05) is 55.4 Å². The van der Waals surface area contributed by atoms with Gasteiger partial charge < -0.3 is 29.4 Å². The van der Waals surface area contributed by atoms with Gasteiger partial charge >= 0.3 is 19.3 Å². The number of nitrogens with zero attached hydrogens (tertiary/aromatic N) is 3. The summed E-state index contributed by atoms with van der Waals surface area (Å²) in [6.07, 6.45) is 1.14. The molecule has 1 saturated heterocycles. The first-order valence-corrected chi connectivity index (χ1v) is 14.2. The fourth-order valence-electron chi connectivity index (χ4n) is 4.67. The predicted molar refractivity (Wildman–Crippen MR) is 165 cm³/mol. The first-order chi connectivity index (χ1) is 19.7. The van der Waals surface area contributed by atoms with Gasteiger partial charge in [-0.3, -0.25) is 9.47 Å². The third-order valence-corrected chi connectivity index (χ3v) is 6.60. The number of carbonyl (C=O) groups is 2. The van der Waals surface area contributed by atoms with E-state index in [1.54, 1.807) is 21.7 Å². The van der Waals surface area contributed by atoms with Gasteiger partial charge in [-0.25, -0.2) is 9.59 Å². The number of rotatable bonds is 3. The highest BCUT2D eigenvalue weighted by molar-refractivity contribution is 6.58. The van der Waals surface area contributed by atoms with E-state index in [2.05, 4.69) is 16.0 Å². The quantitative estimate of drug-likeness (QED) is 0.311. The summed E-state index contributed by atoms with van der Waals surface area (Å²) in [6.45, 7) is 14.9. The zero-order valence-electron chi connectivity index (χ0n) is 25.3. The summed E-state index contributed by atoms with van der Waals surface area (Å²) in [5, 5.41) is 19.7. The number of aromatic nitrogens is 2. The van der Waals surface area contributed by atoms with E-state index in [1.807, 2.05) is 84.0 Å². The maximum atomic E-state index is 12.4. The third-order valence-electron chi connectivity index (χ3n) is 6.60.